The van der Waals surface area contributed by atoms with E-state index in [1.165, 1.54) is 6.07 Å². The third kappa shape index (κ3) is 3.59. The Labute approximate surface area is 107 Å². The van der Waals surface area contributed by atoms with Gasteiger partial charge in [0.2, 0.25) is 0 Å². The van der Waals surface area contributed by atoms with Gasteiger partial charge in [0.05, 0.1) is 19.6 Å². The maximum Gasteiger partial charge on any atom is 0.164 e. The second-order valence-electron chi connectivity index (χ2n) is 3.83. The van der Waals surface area contributed by atoms with Crippen LogP contribution in [-0.4, -0.2) is 25.3 Å². The Bertz CT molecular complexity index is 416. The molecule has 0 bridgehead atoms. The van der Waals surface area contributed by atoms with E-state index < -0.39 is 6.29 Å². The lowest BCUT2D eigenvalue weighted by Crippen LogP contribution is -2.16. The first-order chi connectivity index (χ1) is 8.15. The highest BCUT2D eigenvalue weighted by Crippen LogP contribution is 2.17. The molecule has 0 spiro atoms. The number of halogens is 2. The van der Waals surface area contributed by atoms with Crippen LogP contribution in [0.5, 0.6) is 0 Å². The number of hydrogen-bond acceptors (Lipinski definition) is 3. The lowest BCUT2D eigenvalue weighted by molar-refractivity contribution is -0.126. The molecule has 1 heterocycles. The monoisotopic (exact) mass is 302 g/mol. The zero-order chi connectivity index (χ0) is 12.3. The van der Waals surface area contributed by atoms with Crippen LogP contribution in [0, 0.1) is 5.82 Å². The van der Waals surface area contributed by atoms with Gasteiger partial charge < -0.3 is 9.47 Å². The molecule has 0 N–H and O–H groups in total. The van der Waals surface area contributed by atoms with Gasteiger partial charge in [-0.05, 0) is 17.7 Å². The molecule has 0 aliphatic carbocycles. The topological polar surface area (TPSA) is 35.5 Å². The average molecular weight is 303 g/mol. The Morgan fingerprint density at radius 3 is 2.76 bits per heavy atom. The summed E-state index contributed by atoms with van der Waals surface area (Å²) in [4.78, 5) is 11.7. The highest BCUT2D eigenvalue weighted by molar-refractivity contribution is 9.10. The number of rotatable bonds is 4. The maximum atomic E-state index is 13.5. The van der Waals surface area contributed by atoms with Crippen LogP contribution in [-0.2, 0) is 20.7 Å². The Morgan fingerprint density at radius 2 is 2.12 bits per heavy atom. The van der Waals surface area contributed by atoms with Crippen LogP contribution < -0.4 is 0 Å². The highest BCUT2D eigenvalue weighted by atomic mass is 79.9. The van der Waals surface area contributed by atoms with Gasteiger partial charge in [0, 0.05) is 10.9 Å². The molecule has 0 amide bonds. The fraction of sp³-hybridized carbons (Fsp3) is 0.417. The van der Waals surface area contributed by atoms with Gasteiger partial charge in [-0.25, -0.2) is 4.39 Å². The second kappa shape index (κ2) is 5.71. The van der Waals surface area contributed by atoms with Crippen molar-refractivity contribution in [1.29, 1.82) is 0 Å². The van der Waals surface area contributed by atoms with E-state index in [2.05, 4.69) is 15.9 Å². The molecule has 1 saturated heterocycles. The van der Waals surface area contributed by atoms with E-state index in [0.717, 1.165) is 0 Å². The largest absolute Gasteiger partial charge is 0.350 e. The summed E-state index contributed by atoms with van der Waals surface area (Å²) in [7, 11) is 0. The number of carbonyl (C=O) groups excluding carboxylic acids is 1. The van der Waals surface area contributed by atoms with Crippen LogP contribution in [0.15, 0.2) is 22.7 Å². The van der Waals surface area contributed by atoms with Crippen molar-refractivity contribution in [3.63, 3.8) is 0 Å². The van der Waals surface area contributed by atoms with E-state index in [4.69, 9.17) is 9.47 Å². The SMILES string of the molecule is O=C(Cc1ccc(Br)cc1F)CC1OCCO1. The fourth-order valence-electron chi connectivity index (χ4n) is 1.66. The molecule has 5 heteroatoms. The lowest BCUT2D eigenvalue weighted by Gasteiger charge is -2.08. The van der Waals surface area contributed by atoms with E-state index in [-0.39, 0.29) is 24.4 Å². The quantitative estimate of drug-likeness (QED) is 0.857. The van der Waals surface area contributed by atoms with Crippen LogP contribution in [0.25, 0.3) is 0 Å². The standard InChI is InChI=1S/C12H12BrFO3/c13-9-2-1-8(11(14)6-9)5-10(15)7-12-16-3-4-17-12/h1-2,6,12H,3-5,7H2. The first kappa shape index (κ1) is 12.7. The van der Waals surface area contributed by atoms with Gasteiger partial charge in [0.1, 0.15) is 11.6 Å². The molecular formula is C12H12BrFO3. The van der Waals surface area contributed by atoms with Gasteiger partial charge in [-0.3, -0.25) is 4.79 Å². The van der Waals surface area contributed by atoms with Gasteiger partial charge in [0.15, 0.2) is 6.29 Å². The number of ether oxygens (including phenoxy) is 2. The smallest absolute Gasteiger partial charge is 0.164 e. The predicted octanol–water partition coefficient (Wildman–Crippen LogP) is 2.46. The van der Waals surface area contributed by atoms with Gasteiger partial charge >= 0.3 is 0 Å². The second-order valence-corrected chi connectivity index (χ2v) is 4.74. The number of ketones is 1. The van der Waals surface area contributed by atoms with Crippen molar-refractivity contribution < 1.29 is 18.7 Å². The summed E-state index contributed by atoms with van der Waals surface area (Å²) in [6, 6.07) is 4.67. The molecule has 1 aliphatic heterocycles. The Morgan fingerprint density at radius 1 is 1.41 bits per heavy atom. The summed E-state index contributed by atoms with van der Waals surface area (Å²) in [6.07, 6.45) is -0.210. The molecule has 0 radical (unpaired) electrons. The Hall–Kier alpha value is -0.780. The molecule has 0 aromatic heterocycles. The third-order valence-corrected chi connectivity index (χ3v) is 2.98. The van der Waals surface area contributed by atoms with Crippen molar-refractivity contribution in [2.45, 2.75) is 19.1 Å². The van der Waals surface area contributed by atoms with Crippen LogP contribution in [0.2, 0.25) is 0 Å². The van der Waals surface area contributed by atoms with Gasteiger partial charge in [0.25, 0.3) is 0 Å². The minimum atomic E-state index is -0.457. The molecule has 3 nitrogen and oxygen atoms in total. The van der Waals surface area contributed by atoms with Gasteiger partial charge in [-0.1, -0.05) is 22.0 Å². The molecule has 2 rings (SSSR count). The maximum absolute atomic E-state index is 13.5. The van der Waals surface area contributed by atoms with Crippen LogP contribution in [0.4, 0.5) is 4.39 Å². The van der Waals surface area contributed by atoms with Crippen molar-refractivity contribution in [3.8, 4) is 0 Å². The van der Waals surface area contributed by atoms with Crippen LogP contribution in [0.3, 0.4) is 0 Å². The molecule has 17 heavy (non-hydrogen) atoms. The summed E-state index contributed by atoms with van der Waals surface area (Å²) in [5, 5.41) is 0. The fourth-order valence-corrected chi connectivity index (χ4v) is 1.99. The first-order valence-corrected chi connectivity index (χ1v) is 6.13. The molecule has 92 valence electrons. The first-order valence-electron chi connectivity index (χ1n) is 5.34. The Kier molecular flexibility index (Phi) is 4.25. The van der Waals surface area contributed by atoms with Crippen molar-refractivity contribution in [3.05, 3.63) is 34.1 Å². The van der Waals surface area contributed by atoms with E-state index >= 15 is 0 Å². The summed E-state index contributed by atoms with van der Waals surface area (Å²) >= 11 is 3.17. The number of Topliss-reactive ketones (excluding diaryl/α,β-unsaturated/α-hetero) is 1. The molecule has 1 fully saturated rings. The van der Waals surface area contributed by atoms with Gasteiger partial charge in [-0.15, -0.1) is 0 Å². The van der Waals surface area contributed by atoms with E-state index in [1.807, 2.05) is 0 Å². The third-order valence-electron chi connectivity index (χ3n) is 2.49. The summed E-state index contributed by atoms with van der Waals surface area (Å²) in [5.41, 5.74) is 0.399. The van der Waals surface area contributed by atoms with E-state index in [9.17, 15) is 9.18 Å². The molecule has 1 aromatic rings. The lowest BCUT2D eigenvalue weighted by atomic mass is 10.1. The average Bonchev–Trinajstić information content (AvgIpc) is 2.75. The molecular weight excluding hydrogens is 291 g/mol. The van der Waals surface area contributed by atoms with Crippen molar-refractivity contribution in [2.24, 2.45) is 0 Å². The van der Waals surface area contributed by atoms with E-state index in [1.54, 1.807) is 12.1 Å². The van der Waals surface area contributed by atoms with Crippen LogP contribution in [0.1, 0.15) is 12.0 Å². The zero-order valence-corrected chi connectivity index (χ0v) is 10.7. The number of carbonyl (C=O) groups is 1. The highest BCUT2D eigenvalue weighted by Gasteiger charge is 2.20. The van der Waals surface area contributed by atoms with Crippen molar-refractivity contribution >= 4 is 21.7 Å². The minimum absolute atomic E-state index is 0.0718. The molecule has 0 saturated carbocycles. The number of benzene rings is 1. The zero-order valence-electron chi connectivity index (χ0n) is 9.12. The van der Waals surface area contributed by atoms with E-state index in [0.29, 0.717) is 23.2 Å². The number of hydrogen-bond donors (Lipinski definition) is 0. The van der Waals surface area contributed by atoms with Gasteiger partial charge in [-0.2, -0.15) is 0 Å². The molecule has 0 atom stereocenters. The van der Waals surface area contributed by atoms with Crippen molar-refractivity contribution in [2.75, 3.05) is 13.2 Å². The van der Waals surface area contributed by atoms with Crippen LogP contribution >= 0.6 is 15.9 Å². The summed E-state index contributed by atoms with van der Waals surface area (Å²) in [6.45, 7) is 1.04. The molecule has 0 unspecified atom stereocenters. The Balaban J connectivity index is 1.93. The molecule has 1 aromatic carbocycles. The predicted molar refractivity (Wildman–Crippen MR) is 63.1 cm³/mol. The van der Waals surface area contributed by atoms with Crippen molar-refractivity contribution in [1.82, 2.24) is 0 Å². The minimum Gasteiger partial charge on any atom is -0.350 e. The molecule has 1 aliphatic rings. The summed E-state index contributed by atoms with van der Waals surface area (Å²) < 4.78 is 24.5. The summed E-state index contributed by atoms with van der Waals surface area (Å²) in [5.74, 6) is -0.459. The normalized spacial score (nSPS) is 16.4.